The van der Waals surface area contributed by atoms with Crippen molar-refractivity contribution in [3.63, 3.8) is 0 Å². The average Bonchev–Trinajstić information content (AvgIpc) is 2.55. The molecule has 5 heteroatoms. The first-order chi connectivity index (χ1) is 10.3. The molecule has 0 atom stereocenters. The van der Waals surface area contributed by atoms with Crippen molar-refractivity contribution in [2.24, 2.45) is 0 Å². The Morgan fingerprint density at radius 3 is 2.43 bits per heavy atom. The molecule has 2 heterocycles. The van der Waals surface area contributed by atoms with Gasteiger partial charge in [-0.2, -0.15) is 0 Å². The van der Waals surface area contributed by atoms with Crippen LogP contribution >= 0.6 is 11.6 Å². The summed E-state index contributed by atoms with van der Waals surface area (Å²) >= 11 is 6.10. The number of pyridine rings is 1. The molecule has 3 aromatic rings. The number of halogens is 1. The van der Waals surface area contributed by atoms with Gasteiger partial charge in [-0.3, -0.25) is 4.98 Å². The van der Waals surface area contributed by atoms with E-state index in [1.54, 1.807) is 19.4 Å². The number of aromatic nitrogens is 3. The smallest absolute Gasteiger partial charge is 0.180 e. The highest BCUT2D eigenvalue weighted by Crippen LogP contribution is 2.25. The summed E-state index contributed by atoms with van der Waals surface area (Å²) in [4.78, 5) is 13.0. The van der Waals surface area contributed by atoms with Crippen LogP contribution in [-0.2, 0) is 0 Å². The second-order valence-electron chi connectivity index (χ2n) is 4.34. The number of hydrogen-bond acceptors (Lipinski definition) is 4. The molecule has 0 fully saturated rings. The highest BCUT2D eigenvalue weighted by molar-refractivity contribution is 6.29. The Kier molecular flexibility index (Phi) is 3.79. The molecule has 1 aromatic carbocycles. The highest BCUT2D eigenvalue weighted by Gasteiger charge is 2.08. The largest absolute Gasteiger partial charge is 0.497 e. The molecule has 104 valence electrons. The summed E-state index contributed by atoms with van der Waals surface area (Å²) in [6, 6.07) is 14.9. The molecule has 0 aliphatic rings. The number of ether oxygens (including phenoxy) is 1. The van der Waals surface area contributed by atoms with Gasteiger partial charge in [0.05, 0.1) is 12.8 Å². The van der Waals surface area contributed by atoms with E-state index in [2.05, 4.69) is 15.0 Å². The summed E-state index contributed by atoms with van der Waals surface area (Å²) in [5.41, 5.74) is 2.38. The Morgan fingerprint density at radius 1 is 0.952 bits per heavy atom. The molecule has 0 saturated carbocycles. The van der Waals surface area contributed by atoms with Crippen molar-refractivity contribution in [2.45, 2.75) is 0 Å². The van der Waals surface area contributed by atoms with Gasteiger partial charge in [0, 0.05) is 17.8 Å². The first-order valence-corrected chi connectivity index (χ1v) is 6.74. The molecule has 21 heavy (non-hydrogen) atoms. The van der Waals surface area contributed by atoms with E-state index in [1.807, 2.05) is 42.5 Å². The second kappa shape index (κ2) is 5.89. The topological polar surface area (TPSA) is 47.9 Å². The first kappa shape index (κ1) is 13.5. The minimum absolute atomic E-state index is 0.386. The van der Waals surface area contributed by atoms with Crippen molar-refractivity contribution in [3.05, 3.63) is 59.9 Å². The fourth-order valence-corrected chi connectivity index (χ4v) is 2.12. The summed E-state index contributed by atoms with van der Waals surface area (Å²) < 4.78 is 5.15. The van der Waals surface area contributed by atoms with Gasteiger partial charge in [0.2, 0.25) is 0 Å². The fraction of sp³-hybridized carbons (Fsp3) is 0.0625. The zero-order chi connectivity index (χ0) is 14.7. The van der Waals surface area contributed by atoms with Crippen LogP contribution in [0.15, 0.2) is 54.7 Å². The lowest BCUT2D eigenvalue weighted by molar-refractivity contribution is 0.415. The Bertz CT molecular complexity index is 745. The molecule has 0 amide bonds. The normalized spacial score (nSPS) is 10.4. The molecule has 0 aliphatic carbocycles. The molecular formula is C16H12ClN3O. The van der Waals surface area contributed by atoms with E-state index < -0.39 is 0 Å². The predicted molar refractivity (Wildman–Crippen MR) is 82.3 cm³/mol. The maximum Gasteiger partial charge on any atom is 0.180 e. The van der Waals surface area contributed by atoms with Crippen molar-refractivity contribution >= 4 is 11.6 Å². The quantitative estimate of drug-likeness (QED) is 0.689. The van der Waals surface area contributed by atoms with Crippen LogP contribution in [0, 0.1) is 0 Å². The molecule has 0 N–H and O–H groups in total. The van der Waals surface area contributed by atoms with E-state index in [4.69, 9.17) is 16.3 Å². The van der Waals surface area contributed by atoms with Gasteiger partial charge >= 0.3 is 0 Å². The van der Waals surface area contributed by atoms with E-state index in [-0.39, 0.29) is 0 Å². The van der Waals surface area contributed by atoms with Crippen LogP contribution in [0.3, 0.4) is 0 Å². The first-order valence-electron chi connectivity index (χ1n) is 6.36. The second-order valence-corrected chi connectivity index (χ2v) is 4.73. The zero-order valence-electron chi connectivity index (χ0n) is 11.3. The molecular weight excluding hydrogens is 286 g/mol. The molecule has 0 saturated heterocycles. The SMILES string of the molecule is COc1ccc(-c2cc(Cl)nc(-c3ccccn3)n2)cc1. The van der Waals surface area contributed by atoms with Gasteiger partial charge in [-0.1, -0.05) is 17.7 Å². The van der Waals surface area contributed by atoms with Crippen LogP contribution in [0.2, 0.25) is 5.15 Å². The number of methoxy groups -OCH3 is 1. The Labute approximate surface area is 127 Å². The maximum absolute atomic E-state index is 6.10. The maximum atomic E-state index is 6.10. The number of nitrogens with zero attached hydrogens (tertiary/aromatic N) is 3. The van der Waals surface area contributed by atoms with Gasteiger partial charge in [-0.25, -0.2) is 9.97 Å². The summed E-state index contributed by atoms with van der Waals surface area (Å²) in [6.07, 6.45) is 1.70. The summed E-state index contributed by atoms with van der Waals surface area (Å²) in [5, 5.41) is 0.386. The molecule has 0 bridgehead atoms. The lowest BCUT2D eigenvalue weighted by Gasteiger charge is -2.06. The number of benzene rings is 1. The minimum Gasteiger partial charge on any atom is -0.497 e. The van der Waals surface area contributed by atoms with Crippen LogP contribution in [0.1, 0.15) is 0 Å². The van der Waals surface area contributed by atoms with Crippen molar-refractivity contribution in [1.29, 1.82) is 0 Å². The minimum atomic E-state index is 0.386. The molecule has 0 unspecified atom stereocenters. The standard InChI is InChI=1S/C16H12ClN3O/c1-21-12-7-5-11(6-8-12)14-10-15(17)20-16(19-14)13-4-2-3-9-18-13/h2-10H,1H3. The lowest BCUT2D eigenvalue weighted by Crippen LogP contribution is -1.94. The van der Waals surface area contributed by atoms with E-state index in [0.29, 0.717) is 16.7 Å². The third-order valence-corrected chi connectivity index (χ3v) is 3.17. The zero-order valence-corrected chi connectivity index (χ0v) is 12.1. The van der Waals surface area contributed by atoms with Gasteiger partial charge in [-0.05, 0) is 36.4 Å². The van der Waals surface area contributed by atoms with Crippen LogP contribution in [-0.4, -0.2) is 22.1 Å². The predicted octanol–water partition coefficient (Wildman–Crippen LogP) is 3.87. The van der Waals surface area contributed by atoms with Crippen molar-refractivity contribution in [1.82, 2.24) is 15.0 Å². The van der Waals surface area contributed by atoms with Gasteiger partial charge in [-0.15, -0.1) is 0 Å². The Hall–Kier alpha value is -2.46. The molecule has 0 aliphatic heterocycles. The Balaban J connectivity index is 2.05. The van der Waals surface area contributed by atoms with Crippen LogP contribution in [0.25, 0.3) is 22.8 Å². The monoisotopic (exact) mass is 297 g/mol. The highest BCUT2D eigenvalue weighted by atomic mass is 35.5. The molecule has 3 rings (SSSR count). The molecule has 2 aromatic heterocycles. The summed E-state index contributed by atoms with van der Waals surface area (Å²) in [5.74, 6) is 1.30. The van der Waals surface area contributed by atoms with Crippen molar-refractivity contribution < 1.29 is 4.74 Å². The lowest BCUT2D eigenvalue weighted by atomic mass is 10.1. The van der Waals surface area contributed by atoms with Crippen LogP contribution < -0.4 is 4.74 Å². The van der Waals surface area contributed by atoms with Gasteiger partial charge in [0.1, 0.15) is 16.6 Å². The van der Waals surface area contributed by atoms with Crippen molar-refractivity contribution in [2.75, 3.05) is 7.11 Å². The number of rotatable bonds is 3. The van der Waals surface area contributed by atoms with Crippen LogP contribution in [0.5, 0.6) is 5.75 Å². The van der Waals surface area contributed by atoms with Gasteiger partial charge in [0.25, 0.3) is 0 Å². The average molecular weight is 298 g/mol. The molecule has 4 nitrogen and oxygen atoms in total. The van der Waals surface area contributed by atoms with E-state index in [9.17, 15) is 0 Å². The van der Waals surface area contributed by atoms with E-state index in [0.717, 1.165) is 17.0 Å². The fourth-order valence-electron chi connectivity index (χ4n) is 1.94. The van der Waals surface area contributed by atoms with Crippen LogP contribution in [0.4, 0.5) is 0 Å². The Morgan fingerprint density at radius 2 is 1.76 bits per heavy atom. The molecule has 0 spiro atoms. The summed E-state index contributed by atoms with van der Waals surface area (Å²) in [6.45, 7) is 0. The third kappa shape index (κ3) is 3.01. The number of hydrogen-bond donors (Lipinski definition) is 0. The third-order valence-electron chi connectivity index (χ3n) is 2.97. The molecule has 0 radical (unpaired) electrons. The van der Waals surface area contributed by atoms with Crippen molar-refractivity contribution in [3.8, 4) is 28.5 Å². The van der Waals surface area contributed by atoms with E-state index >= 15 is 0 Å². The van der Waals surface area contributed by atoms with E-state index in [1.165, 1.54) is 0 Å². The summed E-state index contributed by atoms with van der Waals surface area (Å²) in [7, 11) is 1.63. The van der Waals surface area contributed by atoms with Gasteiger partial charge in [0.15, 0.2) is 5.82 Å². The van der Waals surface area contributed by atoms with Gasteiger partial charge < -0.3 is 4.74 Å².